The molecule has 0 aromatic carbocycles. The molecule has 0 heterocycles. The smallest absolute Gasteiger partial charge is 1.00 e. The summed E-state index contributed by atoms with van der Waals surface area (Å²) in [6.07, 6.45) is 0. The minimum absolute atomic E-state index is 0. The van der Waals surface area contributed by atoms with E-state index in [-0.39, 0.29) is 161 Å². The topological polar surface area (TPSA) is 0 Å². The van der Waals surface area contributed by atoms with Gasteiger partial charge in [-0.05, 0) is 0 Å². The van der Waals surface area contributed by atoms with Gasteiger partial charge in [-0.2, -0.15) is 0 Å². The quantitative estimate of drug-likeness (QED) is 0.255. The van der Waals surface area contributed by atoms with Crippen LogP contribution in [0.4, 0.5) is 0 Å². The Kier molecular flexibility index (Phi) is 230. The summed E-state index contributed by atoms with van der Waals surface area (Å²) in [6, 6.07) is 0. The van der Waals surface area contributed by atoms with Gasteiger partial charge < -0.3 is 71.9 Å². The Morgan fingerprint density at radius 1 is 0.333 bits per heavy atom. The summed E-state index contributed by atoms with van der Waals surface area (Å²) in [5.41, 5.74) is 0. The van der Waals surface area contributed by atoms with Crippen LogP contribution in [0.1, 0.15) is 0 Å². The molecule has 0 aliphatic heterocycles. The number of halogens is 3. The SMILES string of the molecule is [I-].[I-].[I-].[Na+].[Na+].[Na+]. The second kappa shape index (κ2) is 31.9. The molecule has 0 aliphatic rings. The van der Waals surface area contributed by atoms with Crippen molar-refractivity contribution in [2.75, 3.05) is 0 Å². The molecule has 0 aromatic heterocycles. The Hall–Kier alpha value is 5.19. The normalized spacial score (nSPS) is 0. The Bertz CT molecular complexity index is 6.00. The van der Waals surface area contributed by atoms with Crippen molar-refractivity contribution in [3.05, 3.63) is 0 Å². The number of rotatable bonds is 0. The molecule has 6 heavy (non-hydrogen) atoms. The average molecular weight is 450 g/mol. The van der Waals surface area contributed by atoms with E-state index in [1.807, 2.05) is 0 Å². The Morgan fingerprint density at radius 2 is 0.333 bits per heavy atom. The first kappa shape index (κ1) is 43.1. The summed E-state index contributed by atoms with van der Waals surface area (Å²) in [6.45, 7) is 0. The molecule has 0 bridgehead atoms. The third-order valence-corrected chi connectivity index (χ3v) is 0. The van der Waals surface area contributed by atoms with Gasteiger partial charge >= 0.3 is 88.7 Å². The predicted octanol–water partition coefficient (Wildman–Crippen LogP) is -18.0. The van der Waals surface area contributed by atoms with Gasteiger partial charge in [0.05, 0.1) is 0 Å². The maximum Gasteiger partial charge on any atom is 1.00 e. The van der Waals surface area contributed by atoms with Crippen molar-refractivity contribution in [3.63, 3.8) is 0 Å². The molecule has 0 atom stereocenters. The van der Waals surface area contributed by atoms with Gasteiger partial charge in [0.15, 0.2) is 0 Å². The van der Waals surface area contributed by atoms with E-state index in [0.29, 0.717) is 0 Å². The summed E-state index contributed by atoms with van der Waals surface area (Å²) in [7, 11) is 0. The molecule has 24 valence electrons. The van der Waals surface area contributed by atoms with Gasteiger partial charge in [-0.1, -0.05) is 0 Å². The van der Waals surface area contributed by atoms with E-state index in [1.54, 1.807) is 0 Å². The minimum Gasteiger partial charge on any atom is -1.00 e. The van der Waals surface area contributed by atoms with E-state index in [9.17, 15) is 0 Å². The predicted molar refractivity (Wildman–Crippen MR) is 0 cm³/mol. The third-order valence-electron chi connectivity index (χ3n) is 0. The monoisotopic (exact) mass is 450 g/mol. The molecule has 0 saturated carbocycles. The van der Waals surface area contributed by atoms with E-state index in [4.69, 9.17) is 0 Å². The van der Waals surface area contributed by atoms with Crippen molar-refractivity contribution in [3.8, 4) is 0 Å². The second-order valence-corrected chi connectivity index (χ2v) is 0. The third kappa shape index (κ3) is 22.9. The van der Waals surface area contributed by atoms with Gasteiger partial charge in [0, 0.05) is 0 Å². The van der Waals surface area contributed by atoms with Crippen LogP contribution in [-0.4, -0.2) is 0 Å². The Morgan fingerprint density at radius 3 is 0.333 bits per heavy atom. The summed E-state index contributed by atoms with van der Waals surface area (Å²) in [4.78, 5) is 0. The largest absolute Gasteiger partial charge is 1.00 e. The van der Waals surface area contributed by atoms with Crippen LogP contribution in [0.15, 0.2) is 0 Å². The van der Waals surface area contributed by atoms with Crippen LogP contribution in [0.5, 0.6) is 0 Å². The van der Waals surface area contributed by atoms with Crippen LogP contribution in [0.3, 0.4) is 0 Å². The van der Waals surface area contributed by atoms with Crippen molar-refractivity contribution in [1.29, 1.82) is 0 Å². The molecule has 0 nitrogen and oxygen atoms in total. The molecule has 0 aromatic rings. The molecule has 6 heteroatoms. The van der Waals surface area contributed by atoms with Crippen LogP contribution in [0, 0.1) is 0 Å². The summed E-state index contributed by atoms with van der Waals surface area (Å²) in [5, 5.41) is 0. The molecule has 0 rings (SSSR count). The van der Waals surface area contributed by atoms with Crippen molar-refractivity contribution in [1.82, 2.24) is 0 Å². The van der Waals surface area contributed by atoms with Gasteiger partial charge in [-0.3, -0.25) is 0 Å². The van der Waals surface area contributed by atoms with Gasteiger partial charge in [-0.15, -0.1) is 0 Å². The molecule has 0 spiro atoms. The van der Waals surface area contributed by atoms with Crippen LogP contribution in [0.25, 0.3) is 0 Å². The first-order valence-electron chi connectivity index (χ1n) is 0. The van der Waals surface area contributed by atoms with Crippen LogP contribution >= 0.6 is 0 Å². The molecule has 0 aliphatic carbocycles. The van der Waals surface area contributed by atoms with Gasteiger partial charge in [0.1, 0.15) is 0 Å². The molecule has 0 radical (unpaired) electrons. The Balaban J connectivity index is 0. The molecule has 0 N–H and O–H groups in total. The van der Waals surface area contributed by atoms with Gasteiger partial charge in [-0.25, -0.2) is 0 Å². The van der Waals surface area contributed by atoms with Gasteiger partial charge in [0.2, 0.25) is 0 Å². The maximum absolute atomic E-state index is 0. The minimum atomic E-state index is 0. The van der Waals surface area contributed by atoms with E-state index in [2.05, 4.69) is 0 Å². The fourth-order valence-corrected chi connectivity index (χ4v) is 0. The number of hydrogen-bond acceptors (Lipinski definition) is 0. The zero-order valence-electron chi connectivity index (χ0n) is 4.13. The Labute approximate surface area is 156 Å². The fourth-order valence-electron chi connectivity index (χ4n) is 0. The summed E-state index contributed by atoms with van der Waals surface area (Å²) >= 11 is 0. The van der Waals surface area contributed by atoms with Crippen LogP contribution in [0.2, 0.25) is 0 Å². The number of hydrogen-bond donors (Lipinski definition) is 0. The summed E-state index contributed by atoms with van der Waals surface area (Å²) in [5.74, 6) is 0. The van der Waals surface area contributed by atoms with E-state index in [0.717, 1.165) is 0 Å². The molecule has 0 amide bonds. The first-order chi connectivity index (χ1) is 0. The summed E-state index contributed by atoms with van der Waals surface area (Å²) < 4.78 is 0. The van der Waals surface area contributed by atoms with E-state index in [1.165, 1.54) is 0 Å². The van der Waals surface area contributed by atoms with Crippen molar-refractivity contribution < 1.29 is 161 Å². The first-order valence-corrected chi connectivity index (χ1v) is 0. The molecule has 0 unspecified atom stereocenters. The van der Waals surface area contributed by atoms with Crippen molar-refractivity contribution in [2.24, 2.45) is 0 Å². The zero-order chi connectivity index (χ0) is 0. The standard InChI is InChI=1S/3HI.3Na/h3*1H;;;/q;;;3*+1/p-3. The van der Waals surface area contributed by atoms with E-state index >= 15 is 0 Å². The van der Waals surface area contributed by atoms with Gasteiger partial charge in [0.25, 0.3) is 0 Å². The van der Waals surface area contributed by atoms with Crippen LogP contribution < -0.4 is 161 Å². The zero-order valence-corrected chi connectivity index (χ0v) is 16.6. The fraction of sp³-hybridized carbons (Fsp3) is 0. The molecular weight excluding hydrogens is 450 g/mol. The average Bonchev–Trinajstić information content (AvgIpc) is 0. The second-order valence-electron chi connectivity index (χ2n) is 0. The van der Waals surface area contributed by atoms with Crippen molar-refractivity contribution >= 4 is 0 Å². The maximum atomic E-state index is 0. The molecule has 0 saturated heterocycles. The van der Waals surface area contributed by atoms with Crippen LogP contribution in [-0.2, 0) is 0 Å². The van der Waals surface area contributed by atoms with E-state index < -0.39 is 0 Å². The molecule has 0 fully saturated rings. The van der Waals surface area contributed by atoms with Crippen molar-refractivity contribution in [2.45, 2.75) is 0 Å². The molecular formula is I3Na3.